The second kappa shape index (κ2) is 5.84. The van der Waals surface area contributed by atoms with Gasteiger partial charge in [-0.25, -0.2) is 8.78 Å². The predicted octanol–water partition coefficient (Wildman–Crippen LogP) is 3.90. The van der Waals surface area contributed by atoms with Gasteiger partial charge in [-0.1, -0.05) is 20.8 Å². The van der Waals surface area contributed by atoms with E-state index in [1.54, 1.807) is 0 Å². The van der Waals surface area contributed by atoms with Crippen LogP contribution in [0.3, 0.4) is 0 Å². The summed E-state index contributed by atoms with van der Waals surface area (Å²) in [6.45, 7) is 10.2. The van der Waals surface area contributed by atoms with E-state index in [4.69, 9.17) is 0 Å². The molecule has 2 nitrogen and oxygen atoms in total. The molecule has 2 unspecified atom stereocenters. The first kappa shape index (κ1) is 16.1. The highest BCUT2D eigenvalue weighted by atomic mass is 19.2. The van der Waals surface area contributed by atoms with Crippen LogP contribution in [0.1, 0.15) is 44.5 Å². The van der Waals surface area contributed by atoms with Crippen molar-refractivity contribution in [1.82, 2.24) is 4.90 Å². The predicted molar refractivity (Wildman–Crippen MR) is 79.3 cm³/mol. The summed E-state index contributed by atoms with van der Waals surface area (Å²) in [6.07, 6.45) is 1.07. The Hall–Kier alpha value is -1.29. The normalized spacial score (nSPS) is 21.5. The maximum atomic E-state index is 13.3. The molecule has 2 atom stereocenters. The maximum Gasteiger partial charge on any atom is 0.179 e. The number of Topliss-reactive ketones (excluding diaryl/α,β-unsaturated/α-hetero) is 1. The van der Waals surface area contributed by atoms with Crippen molar-refractivity contribution in [2.75, 3.05) is 13.1 Å². The SMILES string of the molecule is CC(C(=O)c1ccc(F)c(F)c1)N1CCC(C(C)(C)C)C1. The number of hydrogen-bond acceptors (Lipinski definition) is 2. The fourth-order valence-electron chi connectivity index (χ4n) is 2.90. The molecule has 1 aromatic rings. The van der Waals surface area contributed by atoms with Gasteiger partial charge in [0, 0.05) is 12.1 Å². The van der Waals surface area contributed by atoms with Gasteiger partial charge in [-0.15, -0.1) is 0 Å². The summed E-state index contributed by atoms with van der Waals surface area (Å²) < 4.78 is 26.2. The fraction of sp³-hybridized carbons (Fsp3) is 0.588. The van der Waals surface area contributed by atoms with Crippen LogP contribution in [-0.2, 0) is 0 Å². The van der Waals surface area contributed by atoms with Crippen LogP contribution in [0.15, 0.2) is 18.2 Å². The topological polar surface area (TPSA) is 20.3 Å². The zero-order valence-corrected chi connectivity index (χ0v) is 13.1. The van der Waals surface area contributed by atoms with Crippen molar-refractivity contribution in [3.8, 4) is 0 Å². The van der Waals surface area contributed by atoms with Crippen LogP contribution < -0.4 is 0 Å². The molecule has 0 N–H and O–H groups in total. The van der Waals surface area contributed by atoms with Gasteiger partial charge in [0.05, 0.1) is 6.04 Å². The molecule has 0 radical (unpaired) electrons. The summed E-state index contributed by atoms with van der Waals surface area (Å²) in [5.74, 6) is -1.49. The Labute approximate surface area is 125 Å². The smallest absolute Gasteiger partial charge is 0.179 e. The maximum absolute atomic E-state index is 13.3. The summed E-state index contributed by atoms with van der Waals surface area (Å²) in [7, 11) is 0. The molecule has 0 aliphatic carbocycles. The van der Waals surface area contributed by atoms with Crippen molar-refractivity contribution in [2.24, 2.45) is 11.3 Å². The lowest BCUT2D eigenvalue weighted by molar-refractivity contribution is 0.0853. The molecule has 1 saturated heterocycles. The monoisotopic (exact) mass is 295 g/mol. The average molecular weight is 295 g/mol. The number of hydrogen-bond donors (Lipinski definition) is 0. The van der Waals surface area contributed by atoms with Crippen molar-refractivity contribution < 1.29 is 13.6 Å². The number of ketones is 1. The van der Waals surface area contributed by atoms with Gasteiger partial charge in [0.1, 0.15) is 0 Å². The fourth-order valence-corrected chi connectivity index (χ4v) is 2.90. The van der Waals surface area contributed by atoms with E-state index < -0.39 is 11.6 Å². The quantitative estimate of drug-likeness (QED) is 0.788. The highest BCUT2D eigenvalue weighted by molar-refractivity contribution is 5.99. The minimum atomic E-state index is -0.970. The van der Waals surface area contributed by atoms with Gasteiger partial charge in [-0.2, -0.15) is 0 Å². The van der Waals surface area contributed by atoms with Crippen molar-refractivity contribution >= 4 is 5.78 Å². The number of benzene rings is 1. The number of carbonyl (C=O) groups is 1. The van der Waals surface area contributed by atoms with Crippen molar-refractivity contribution in [2.45, 2.75) is 40.2 Å². The van der Waals surface area contributed by atoms with Crippen LogP contribution in [0, 0.1) is 23.0 Å². The van der Waals surface area contributed by atoms with Crippen LogP contribution in [0.4, 0.5) is 8.78 Å². The van der Waals surface area contributed by atoms with E-state index in [-0.39, 0.29) is 22.8 Å². The third-order valence-electron chi connectivity index (χ3n) is 4.58. The van der Waals surface area contributed by atoms with Crippen LogP contribution in [0.2, 0.25) is 0 Å². The molecular formula is C17H23F2NO. The van der Waals surface area contributed by atoms with Crippen molar-refractivity contribution in [3.05, 3.63) is 35.4 Å². The number of nitrogens with zero attached hydrogens (tertiary/aromatic N) is 1. The Morgan fingerprint density at radius 1 is 1.29 bits per heavy atom. The summed E-state index contributed by atoms with van der Waals surface area (Å²) >= 11 is 0. The summed E-state index contributed by atoms with van der Waals surface area (Å²) in [4.78, 5) is 14.6. The summed E-state index contributed by atoms with van der Waals surface area (Å²) in [5.41, 5.74) is 0.458. The van der Waals surface area contributed by atoms with Gasteiger partial charge in [0.2, 0.25) is 0 Å². The second-order valence-corrected chi connectivity index (χ2v) is 7.02. The minimum Gasteiger partial charge on any atom is -0.293 e. The number of likely N-dealkylation sites (tertiary alicyclic amines) is 1. The van der Waals surface area contributed by atoms with E-state index in [0.717, 1.165) is 31.6 Å². The molecule has 0 saturated carbocycles. The molecule has 0 spiro atoms. The van der Waals surface area contributed by atoms with Crippen LogP contribution in [0.25, 0.3) is 0 Å². The standard InChI is InChI=1S/C17H23F2NO/c1-11(20-8-7-13(10-20)17(2,3)4)16(21)12-5-6-14(18)15(19)9-12/h5-6,9,11,13H,7-8,10H2,1-4H3. The van der Waals surface area contributed by atoms with Crippen LogP contribution in [-0.4, -0.2) is 29.8 Å². The molecule has 21 heavy (non-hydrogen) atoms. The lowest BCUT2D eigenvalue weighted by Gasteiger charge is -2.28. The van der Waals surface area contributed by atoms with Gasteiger partial charge in [0.15, 0.2) is 17.4 Å². The molecular weight excluding hydrogens is 272 g/mol. The third-order valence-corrected chi connectivity index (χ3v) is 4.58. The molecule has 1 aliphatic heterocycles. The molecule has 4 heteroatoms. The Kier molecular flexibility index (Phi) is 4.47. The first-order valence-electron chi connectivity index (χ1n) is 7.43. The molecule has 0 bridgehead atoms. The van der Waals surface area contributed by atoms with E-state index >= 15 is 0 Å². The lowest BCUT2D eigenvalue weighted by Crippen LogP contribution is -2.38. The molecule has 116 valence electrons. The Morgan fingerprint density at radius 2 is 1.95 bits per heavy atom. The third kappa shape index (κ3) is 3.49. The minimum absolute atomic E-state index is 0.150. The average Bonchev–Trinajstić information content (AvgIpc) is 2.90. The van der Waals surface area contributed by atoms with Crippen LogP contribution >= 0.6 is 0 Å². The zero-order chi connectivity index (χ0) is 15.8. The first-order valence-corrected chi connectivity index (χ1v) is 7.43. The molecule has 1 aromatic carbocycles. The summed E-state index contributed by atoms with van der Waals surface area (Å²) in [5, 5.41) is 0. The van der Waals surface area contributed by atoms with Crippen molar-refractivity contribution in [3.63, 3.8) is 0 Å². The van der Waals surface area contributed by atoms with E-state index in [0.29, 0.717) is 5.92 Å². The van der Waals surface area contributed by atoms with Gasteiger partial charge in [-0.3, -0.25) is 9.69 Å². The molecule has 1 heterocycles. The Balaban J connectivity index is 2.08. The Morgan fingerprint density at radius 3 is 2.48 bits per heavy atom. The molecule has 2 rings (SSSR count). The highest BCUT2D eigenvalue weighted by Gasteiger charge is 2.35. The van der Waals surface area contributed by atoms with Crippen molar-refractivity contribution in [1.29, 1.82) is 0 Å². The van der Waals surface area contributed by atoms with Gasteiger partial charge < -0.3 is 0 Å². The van der Waals surface area contributed by atoms with E-state index in [1.165, 1.54) is 6.07 Å². The van der Waals surface area contributed by atoms with Gasteiger partial charge in [-0.05, 0) is 49.4 Å². The first-order chi connectivity index (χ1) is 9.70. The van der Waals surface area contributed by atoms with E-state index in [9.17, 15) is 13.6 Å². The van der Waals surface area contributed by atoms with E-state index in [1.807, 2.05) is 6.92 Å². The van der Waals surface area contributed by atoms with Crippen LogP contribution in [0.5, 0.6) is 0 Å². The van der Waals surface area contributed by atoms with Gasteiger partial charge in [0.25, 0.3) is 0 Å². The zero-order valence-electron chi connectivity index (χ0n) is 13.1. The Bertz CT molecular complexity index is 536. The number of rotatable bonds is 3. The van der Waals surface area contributed by atoms with E-state index in [2.05, 4.69) is 25.7 Å². The molecule has 1 aliphatic rings. The second-order valence-electron chi connectivity index (χ2n) is 7.02. The summed E-state index contributed by atoms with van der Waals surface area (Å²) in [6, 6.07) is 3.05. The van der Waals surface area contributed by atoms with Gasteiger partial charge >= 0.3 is 0 Å². The largest absolute Gasteiger partial charge is 0.293 e. The molecule has 1 fully saturated rings. The molecule has 0 aromatic heterocycles. The number of carbonyl (C=O) groups excluding carboxylic acids is 1. The lowest BCUT2D eigenvalue weighted by atomic mass is 9.80. The highest BCUT2D eigenvalue weighted by Crippen LogP contribution is 2.34. The number of halogens is 2. The molecule has 0 amide bonds.